The normalized spacial score (nSPS) is 13.7. The van der Waals surface area contributed by atoms with Crippen LogP contribution < -0.4 is 5.56 Å². The maximum Gasteiger partial charge on any atom is 0.262 e. The van der Waals surface area contributed by atoms with Gasteiger partial charge in [-0.05, 0) is 61.9 Å². The fourth-order valence-corrected chi connectivity index (χ4v) is 5.04. The summed E-state index contributed by atoms with van der Waals surface area (Å²) in [6.07, 6.45) is 4.72. The van der Waals surface area contributed by atoms with E-state index in [1.807, 2.05) is 6.92 Å². The number of carbonyl (C=O) groups excluding carboxylic acids is 1. The molecular formula is C21H21FN2O2S. The van der Waals surface area contributed by atoms with E-state index >= 15 is 0 Å². The second-order valence-corrected chi connectivity index (χ2v) is 8.13. The number of rotatable bonds is 4. The Kier molecular flexibility index (Phi) is 4.68. The first-order chi connectivity index (χ1) is 13.0. The van der Waals surface area contributed by atoms with Gasteiger partial charge in [0.15, 0.2) is 5.78 Å². The molecule has 3 aromatic rings. The zero-order valence-electron chi connectivity index (χ0n) is 15.5. The number of benzene rings is 1. The summed E-state index contributed by atoms with van der Waals surface area (Å²) in [5.41, 5.74) is 1.84. The number of nitrogens with zero attached hydrogens (tertiary/aromatic N) is 2. The highest BCUT2D eigenvalue weighted by Gasteiger charge is 2.22. The number of hydrogen-bond acceptors (Lipinski definition) is 4. The lowest BCUT2D eigenvalue weighted by Crippen LogP contribution is -2.29. The average molecular weight is 384 g/mol. The monoisotopic (exact) mass is 384 g/mol. The van der Waals surface area contributed by atoms with Gasteiger partial charge < -0.3 is 0 Å². The molecule has 2 heterocycles. The van der Waals surface area contributed by atoms with E-state index in [2.05, 4.69) is 0 Å². The van der Waals surface area contributed by atoms with Gasteiger partial charge in [-0.15, -0.1) is 11.3 Å². The Hall–Kier alpha value is -2.34. The van der Waals surface area contributed by atoms with E-state index in [0.717, 1.165) is 36.1 Å². The van der Waals surface area contributed by atoms with E-state index in [0.29, 0.717) is 28.8 Å². The average Bonchev–Trinajstić information content (AvgIpc) is 3.04. The second kappa shape index (κ2) is 7.00. The van der Waals surface area contributed by atoms with Crippen molar-refractivity contribution in [3.05, 3.63) is 61.8 Å². The van der Waals surface area contributed by atoms with Crippen molar-refractivity contribution >= 4 is 27.3 Å². The molecule has 0 bridgehead atoms. The van der Waals surface area contributed by atoms with Crippen LogP contribution in [0, 0.1) is 12.7 Å². The number of fused-ring (bicyclic) bond motifs is 3. The SMILES string of the molecule is CCc1nc2sc3c(c2c(=O)n1CC(=O)c1ccc(F)c(C)c1)CCCC3. The first-order valence-electron chi connectivity index (χ1n) is 9.33. The lowest BCUT2D eigenvalue weighted by atomic mass is 9.97. The standard InChI is InChI=1S/C21H21FN2O2S/c1-3-18-23-20-19(14-6-4-5-7-17(14)27-20)21(26)24(18)11-16(25)13-8-9-15(22)12(2)10-13/h8-10H,3-7,11H2,1-2H3. The molecule has 0 radical (unpaired) electrons. The number of carbonyl (C=O) groups is 1. The maximum absolute atomic E-state index is 13.5. The number of hydrogen-bond donors (Lipinski definition) is 0. The summed E-state index contributed by atoms with van der Waals surface area (Å²) in [5.74, 6) is 0.0735. The van der Waals surface area contributed by atoms with Crippen molar-refractivity contribution in [3.8, 4) is 0 Å². The van der Waals surface area contributed by atoms with Crippen LogP contribution in [0.3, 0.4) is 0 Å². The van der Waals surface area contributed by atoms with Crippen LogP contribution >= 0.6 is 11.3 Å². The van der Waals surface area contributed by atoms with E-state index < -0.39 is 0 Å². The summed E-state index contributed by atoms with van der Waals surface area (Å²) in [4.78, 5) is 32.8. The van der Waals surface area contributed by atoms with Gasteiger partial charge in [-0.1, -0.05) is 6.92 Å². The van der Waals surface area contributed by atoms with Crippen molar-refractivity contribution in [3.63, 3.8) is 0 Å². The molecule has 1 aliphatic rings. The lowest BCUT2D eigenvalue weighted by Gasteiger charge is -2.13. The molecule has 1 aromatic carbocycles. The minimum Gasteiger partial charge on any atom is -0.292 e. The summed E-state index contributed by atoms with van der Waals surface area (Å²) in [6.45, 7) is 3.49. The van der Waals surface area contributed by atoms with Gasteiger partial charge in [0.05, 0.1) is 11.9 Å². The maximum atomic E-state index is 13.5. The van der Waals surface area contributed by atoms with Crippen LogP contribution in [0.4, 0.5) is 4.39 Å². The molecule has 0 fully saturated rings. The van der Waals surface area contributed by atoms with Gasteiger partial charge >= 0.3 is 0 Å². The highest BCUT2D eigenvalue weighted by molar-refractivity contribution is 7.18. The Morgan fingerprint density at radius 3 is 2.81 bits per heavy atom. The minimum atomic E-state index is -0.342. The highest BCUT2D eigenvalue weighted by atomic mass is 32.1. The molecule has 4 rings (SSSR count). The third-order valence-corrected chi connectivity index (χ3v) is 6.44. The first-order valence-corrected chi connectivity index (χ1v) is 10.1. The number of aryl methyl sites for hydroxylation is 4. The molecule has 0 N–H and O–H groups in total. The van der Waals surface area contributed by atoms with Gasteiger partial charge in [0.25, 0.3) is 5.56 Å². The van der Waals surface area contributed by atoms with Crippen LogP contribution in [0.5, 0.6) is 0 Å². The fraction of sp³-hybridized carbons (Fsp3) is 0.381. The Bertz CT molecular complexity index is 1110. The number of thiophene rings is 1. The molecule has 1 aliphatic carbocycles. The van der Waals surface area contributed by atoms with Crippen LogP contribution in [0.2, 0.25) is 0 Å². The predicted molar refractivity (Wildman–Crippen MR) is 105 cm³/mol. The lowest BCUT2D eigenvalue weighted by molar-refractivity contribution is 0.0969. The van der Waals surface area contributed by atoms with Crippen LogP contribution in [0.25, 0.3) is 10.2 Å². The van der Waals surface area contributed by atoms with Crippen molar-refractivity contribution < 1.29 is 9.18 Å². The third-order valence-electron chi connectivity index (χ3n) is 5.25. The largest absolute Gasteiger partial charge is 0.292 e. The summed E-state index contributed by atoms with van der Waals surface area (Å²) in [5, 5.41) is 0.690. The third kappa shape index (κ3) is 3.12. The molecular weight excluding hydrogens is 363 g/mol. The Morgan fingerprint density at radius 2 is 2.07 bits per heavy atom. The van der Waals surface area contributed by atoms with E-state index in [1.165, 1.54) is 27.6 Å². The van der Waals surface area contributed by atoms with Crippen molar-refractivity contribution in [2.45, 2.75) is 52.5 Å². The van der Waals surface area contributed by atoms with Crippen molar-refractivity contribution in [2.75, 3.05) is 0 Å². The quantitative estimate of drug-likeness (QED) is 0.633. The summed E-state index contributed by atoms with van der Waals surface area (Å²) in [6, 6.07) is 4.30. The molecule has 0 spiro atoms. The van der Waals surface area contributed by atoms with Crippen LogP contribution in [0.1, 0.15) is 52.0 Å². The number of ketones is 1. The molecule has 0 unspecified atom stereocenters. The van der Waals surface area contributed by atoms with Crippen molar-refractivity contribution in [1.82, 2.24) is 9.55 Å². The molecule has 0 saturated heterocycles. The van der Waals surface area contributed by atoms with Crippen molar-refractivity contribution in [1.29, 1.82) is 0 Å². The Labute approximate surface area is 160 Å². The van der Waals surface area contributed by atoms with E-state index in [9.17, 15) is 14.0 Å². The van der Waals surface area contributed by atoms with Crippen molar-refractivity contribution in [2.24, 2.45) is 0 Å². The van der Waals surface area contributed by atoms with Gasteiger partial charge in [0.2, 0.25) is 0 Å². The molecule has 0 saturated carbocycles. The Balaban J connectivity index is 1.80. The molecule has 140 valence electrons. The molecule has 6 heteroatoms. The van der Waals surface area contributed by atoms with Gasteiger partial charge in [-0.25, -0.2) is 9.37 Å². The zero-order valence-corrected chi connectivity index (χ0v) is 16.3. The summed E-state index contributed by atoms with van der Waals surface area (Å²) < 4.78 is 15.0. The van der Waals surface area contributed by atoms with E-state index in [4.69, 9.17) is 4.98 Å². The Morgan fingerprint density at radius 1 is 1.30 bits per heavy atom. The van der Waals surface area contributed by atoms with Gasteiger partial charge in [0, 0.05) is 16.9 Å². The van der Waals surface area contributed by atoms with Crippen LogP contribution in [-0.2, 0) is 25.8 Å². The number of Topliss-reactive ketones (excluding diaryl/α,β-unsaturated/α-hetero) is 1. The van der Waals surface area contributed by atoms with Gasteiger partial charge in [-0.3, -0.25) is 14.2 Å². The number of halogens is 1. The predicted octanol–water partition coefficient (Wildman–Crippen LogP) is 4.23. The molecule has 27 heavy (non-hydrogen) atoms. The minimum absolute atomic E-state index is 0.0688. The zero-order chi connectivity index (χ0) is 19.1. The summed E-state index contributed by atoms with van der Waals surface area (Å²) in [7, 11) is 0. The molecule has 0 amide bonds. The molecule has 0 atom stereocenters. The molecule has 4 nitrogen and oxygen atoms in total. The highest BCUT2D eigenvalue weighted by Crippen LogP contribution is 2.33. The topological polar surface area (TPSA) is 52.0 Å². The fourth-order valence-electron chi connectivity index (χ4n) is 3.77. The van der Waals surface area contributed by atoms with Crippen LogP contribution in [0.15, 0.2) is 23.0 Å². The summed E-state index contributed by atoms with van der Waals surface area (Å²) >= 11 is 1.62. The van der Waals surface area contributed by atoms with Crippen LogP contribution in [-0.4, -0.2) is 15.3 Å². The van der Waals surface area contributed by atoms with Gasteiger partial charge in [-0.2, -0.15) is 0 Å². The van der Waals surface area contributed by atoms with E-state index in [1.54, 1.807) is 18.3 Å². The second-order valence-electron chi connectivity index (χ2n) is 7.05. The van der Waals surface area contributed by atoms with Gasteiger partial charge in [0.1, 0.15) is 16.5 Å². The van der Waals surface area contributed by atoms with E-state index in [-0.39, 0.29) is 23.7 Å². The molecule has 0 aliphatic heterocycles. The number of aromatic nitrogens is 2. The smallest absolute Gasteiger partial charge is 0.262 e. The molecule has 2 aromatic heterocycles. The first kappa shape index (κ1) is 18.0.